The van der Waals surface area contributed by atoms with E-state index in [0.717, 1.165) is 195 Å². The molecule has 2 aliphatic heterocycles. The van der Waals surface area contributed by atoms with Crippen LogP contribution in [0.15, 0.2) is 134 Å². The summed E-state index contributed by atoms with van der Waals surface area (Å²) in [7, 11) is 0. The fourth-order valence-corrected chi connectivity index (χ4v) is 30.9. The molecule has 0 spiro atoms. The topological polar surface area (TPSA) is 214 Å². The van der Waals surface area contributed by atoms with E-state index in [1.165, 1.54) is 44.5 Å². The molecule has 134 heavy (non-hydrogen) atoms. The summed E-state index contributed by atoms with van der Waals surface area (Å²) < 4.78 is 30.0. The van der Waals surface area contributed by atoms with Crippen LogP contribution < -0.4 is 18.9 Å². The number of nitrogens with zero attached hydrogens (tertiary/aromatic N) is 6. The lowest BCUT2D eigenvalue weighted by atomic mass is 9.55. The maximum atomic E-state index is 13.6. The van der Waals surface area contributed by atoms with Gasteiger partial charge in [0.05, 0.1) is 22.8 Å². The zero-order valence-electron chi connectivity index (χ0n) is 78.9. The van der Waals surface area contributed by atoms with Gasteiger partial charge in [-0.05, 0) is 416 Å². The molecule has 8 bridgehead atoms. The number of hydrogen-bond acceptors (Lipinski definition) is 14. The number of aromatic amines is 2. The zero-order chi connectivity index (χ0) is 91.0. The number of carbonyl (C=O) groups is 4. The summed E-state index contributed by atoms with van der Waals surface area (Å²) in [6.45, 7) is 22.1. The number of benzene rings is 6. The summed E-state index contributed by atoms with van der Waals surface area (Å²) in [5, 5.41) is 0. The van der Waals surface area contributed by atoms with E-state index in [4.69, 9.17) is 48.9 Å². The Labute approximate surface area is 784 Å². The molecular formula is C118H118N8O8. The van der Waals surface area contributed by atoms with Crippen LogP contribution in [0.5, 0.6) is 46.5 Å². The summed E-state index contributed by atoms with van der Waals surface area (Å²) in [6.07, 6.45) is 33.6. The Morgan fingerprint density at radius 1 is 0.284 bits per heavy atom. The Hall–Kier alpha value is -12.0. The second-order valence-electron chi connectivity index (χ2n) is 44.0. The molecular weight excluding hydrogens is 1660 g/mol. The van der Waals surface area contributed by atoms with Crippen LogP contribution >= 0.6 is 0 Å². The first kappa shape index (κ1) is 83.8. The fourth-order valence-electron chi connectivity index (χ4n) is 30.9. The molecule has 5 aromatic heterocycles. The molecule has 14 aliphatic rings. The largest absolute Gasteiger partial charge is 0.438 e. The van der Waals surface area contributed by atoms with Crippen LogP contribution in [0.1, 0.15) is 280 Å². The minimum Gasteiger partial charge on any atom is -0.438 e. The van der Waals surface area contributed by atoms with Gasteiger partial charge in [0, 0.05) is 91.7 Å². The molecule has 0 amide bonds. The van der Waals surface area contributed by atoms with Crippen LogP contribution in [0.2, 0.25) is 0 Å². The van der Waals surface area contributed by atoms with E-state index < -0.39 is 0 Å². The Kier molecular flexibility index (Phi) is 19.5. The molecule has 16 heteroatoms. The van der Waals surface area contributed by atoms with Crippen LogP contribution in [0.4, 0.5) is 0 Å². The first-order chi connectivity index (χ1) is 64.9. The average molecular weight is 1780 g/mol. The molecule has 16 nitrogen and oxygen atoms in total. The van der Waals surface area contributed by atoms with Crippen molar-refractivity contribution in [2.45, 2.75) is 247 Å². The van der Waals surface area contributed by atoms with Crippen LogP contribution in [0.3, 0.4) is 0 Å². The molecule has 6 aromatic carbocycles. The van der Waals surface area contributed by atoms with Gasteiger partial charge in [-0.1, -0.05) is 87.4 Å². The average Bonchev–Trinajstić information content (AvgIpc) is 1.51. The van der Waals surface area contributed by atoms with Gasteiger partial charge in [0.25, 0.3) is 0 Å². The number of hydrogen-bond donors (Lipinski definition) is 2. The third-order valence-corrected chi connectivity index (χ3v) is 37.1. The second kappa shape index (κ2) is 31.3. The third kappa shape index (κ3) is 13.1. The lowest BCUT2D eigenvalue weighted by molar-refractivity contribution is -0.130. The highest BCUT2D eigenvalue weighted by Gasteiger charge is 2.59. The van der Waals surface area contributed by atoms with Crippen LogP contribution in [0, 0.1) is 111 Å². The Morgan fingerprint density at radius 3 is 0.784 bits per heavy atom. The smallest absolute Gasteiger partial charge is 0.234 e. The molecule has 678 valence electrons. The molecule has 25 rings (SSSR count). The molecule has 0 unspecified atom stereocenters. The van der Waals surface area contributed by atoms with Crippen molar-refractivity contribution in [3.63, 3.8) is 0 Å². The van der Waals surface area contributed by atoms with Crippen molar-refractivity contribution in [2.75, 3.05) is 0 Å². The van der Waals surface area contributed by atoms with Crippen molar-refractivity contribution in [1.29, 1.82) is 0 Å². The molecule has 12 aliphatic carbocycles. The van der Waals surface area contributed by atoms with Gasteiger partial charge in [0.2, 0.25) is 23.5 Å². The van der Waals surface area contributed by atoms with Crippen molar-refractivity contribution < 1.29 is 38.1 Å². The van der Waals surface area contributed by atoms with Gasteiger partial charge in [-0.25, -0.2) is 29.9 Å². The number of carbonyl (C=O) groups excluding carboxylic acids is 4. The van der Waals surface area contributed by atoms with Crippen molar-refractivity contribution in [2.24, 2.45) is 69.0 Å². The van der Waals surface area contributed by atoms with Gasteiger partial charge < -0.3 is 28.9 Å². The molecule has 8 fully saturated rings. The predicted octanol–water partition coefficient (Wildman–Crippen LogP) is 27.6. The Morgan fingerprint density at radius 2 is 0.530 bits per heavy atom. The monoisotopic (exact) mass is 1770 g/mol. The molecule has 16 atom stereocenters. The highest BCUT2D eigenvalue weighted by Crippen LogP contribution is 2.66. The maximum absolute atomic E-state index is 13.6. The number of nitrogens with one attached hydrogen (secondary N) is 2. The number of ketones is 4. The maximum Gasteiger partial charge on any atom is 0.234 e. The first-order valence-corrected chi connectivity index (χ1v) is 50.3. The van der Waals surface area contributed by atoms with Gasteiger partial charge >= 0.3 is 0 Å². The summed E-state index contributed by atoms with van der Waals surface area (Å²) in [4.78, 5) is 95.6. The van der Waals surface area contributed by atoms with E-state index in [1.807, 2.05) is 0 Å². The fraction of sp³-hybridized carbons (Fsp3) is 0.424. The lowest BCUT2D eigenvalue weighted by Gasteiger charge is -2.48. The molecule has 11 aromatic rings. The number of ether oxygens (including phenoxy) is 4. The molecule has 8 saturated carbocycles. The zero-order valence-corrected chi connectivity index (χ0v) is 78.9. The van der Waals surface area contributed by atoms with Gasteiger partial charge in [-0.15, -0.1) is 0 Å². The Bertz CT molecular complexity index is 6470. The van der Waals surface area contributed by atoms with Gasteiger partial charge in [0.15, 0.2) is 0 Å². The standard InChI is InChI=1S/C118H118N8O8/c1-61-51-63(3)103(64(4)52-61)105-91-31-35-95(123-91)107(109-111(131-71-15-23-75-67(55-71)11-19-83-79(75)43-47-115(7)87(83)27-39-99(115)127)119-59-120-112(109)132-72-16-24-76-68(56-72)12-20-84-80(76)44-48-116(8)88(84)28-40-100(116)128)97-37-33-93(125-97)106(104-65(5)53-62(2)54-66(104)6)94-34-38-98(126-94)108(96-36-32-92(105)124-96)110-113(133-73-17-25-77-69(57-73)13-21-85-81(77)45-49-117(9)89(85)29-41-101(117)129)121-60-122-114(110)134-74-18-26-78-70(58-74)14-22-86-82(78)46-50-118(10)90(86)30-42-102(118)130/h15-18,23-26,31-38,51-60,79-90,123,126H,11-14,19-22,27-30,39-50H2,1-10H3/t79-,80-,81-,82-,83-,84-,85-,86-,87+,88+,89+,90+,115+,116+,117+,118+/m1/s1. The van der Waals surface area contributed by atoms with Crippen LogP contribution in [0.25, 0.3) is 90.9 Å². The second-order valence-corrected chi connectivity index (χ2v) is 44.0. The van der Waals surface area contributed by atoms with E-state index in [-0.39, 0.29) is 21.7 Å². The highest BCUT2D eigenvalue weighted by atomic mass is 16.5. The van der Waals surface area contributed by atoms with Crippen molar-refractivity contribution >= 4 is 69.5 Å². The molecule has 0 radical (unpaired) electrons. The highest BCUT2D eigenvalue weighted by molar-refractivity contribution is 6.03. The van der Waals surface area contributed by atoms with Gasteiger partial charge in [0.1, 0.15) is 69.9 Å². The van der Waals surface area contributed by atoms with Crippen LogP contribution in [-0.2, 0) is 44.9 Å². The van der Waals surface area contributed by atoms with Gasteiger partial charge in [-0.3, -0.25) is 19.2 Å². The van der Waals surface area contributed by atoms with E-state index in [1.54, 1.807) is 12.7 Å². The minimum atomic E-state index is -0.234. The quantitative estimate of drug-likeness (QED) is 0.116. The number of rotatable bonds is 12. The third-order valence-electron chi connectivity index (χ3n) is 37.1. The summed E-state index contributed by atoms with van der Waals surface area (Å²) in [5.74, 6) is 10.5. The molecule has 0 saturated heterocycles. The summed E-state index contributed by atoms with van der Waals surface area (Å²) in [6, 6.07) is 44.3. The predicted molar refractivity (Wildman–Crippen MR) is 525 cm³/mol. The van der Waals surface area contributed by atoms with E-state index >= 15 is 0 Å². The molecule has 7 heterocycles. The van der Waals surface area contributed by atoms with E-state index in [9.17, 15) is 19.2 Å². The van der Waals surface area contributed by atoms with E-state index in [0.29, 0.717) is 222 Å². The van der Waals surface area contributed by atoms with Gasteiger partial charge in [-0.2, -0.15) is 0 Å². The van der Waals surface area contributed by atoms with Crippen molar-refractivity contribution in [3.05, 3.63) is 235 Å². The number of fused-ring (bicyclic) bond motifs is 28. The van der Waals surface area contributed by atoms with Crippen molar-refractivity contribution in [3.8, 4) is 91.0 Å². The lowest BCUT2D eigenvalue weighted by Crippen LogP contribution is -2.42. The number of aryl methyl sites for hydroxylation is 10. The number of Topliss-reactive ketones (excluding diaryl/α,β-unsaturated/α-hetero) is 4. The SMILES string of the molecule is Cc1cc(C)c(-c2c3nc(c(-c4c(Oc5ccc6c(c5)CC[C@@H]5[C@@H]6CC[C@]6(C)C(=O)CC[C@@H]56)ncnc4Oc4ccc5c(c4)CC[C@@H]4[C@@H]5CC[C@]5(C)C(=O)CC[C@@H]45)c4ccc([nH]4)c(-c4c(C)cc(C)cc4C)c4nc(c(-c5c(Oc6ccc7c(c6)CC[C@@H]6[C@@H]7CC[C@]7(C)C(=O)CC[C@@H]67)ncnc5Oc5ccc6c(c5)CC[C@@H]5[C@@H]6CC[C@]6(C)C(=O)CC[C@@H]56)c5ccc2[nH]5)C=C4)C=C3)c(C)c1. The van der Waals surface area contributed by atoms with Crippen molar-refractivity contribution in [1.82, 2.24) is 39.9 Å². The van der Waals surface area contributed by atoms with Crippen LogP contribution in [-0.4, -0.2) is 63.0 Å². The molecule has 2 N–H and O–H groups in total. The summed E-state index contributed by atoms with van der Waals surface area (Å²) in [5.41, 5.74) is 28.0. The van der Waals surface area contributed by atoms with E-state index in [2.05, 4.69) is 225 Å². The summed E-state index contributed by atoms with van der Waals surface area (Å²) >= 11 is 0. The first-order valence-electron chi connectivity index (χ1n) is 50.3. The Balaban J connectivity index is 0.697. The minimum absolute atomic E-state index is 0.234. The number of aromatic nitrogens is 8. The normalized spacial score (nSPS) is 28.7. The number of H-pyrrole nitrogens is 2.